The van der Waals surface area contributed by atoms with Crippen molar-refractivity contribution in [2.45, 2.75) is 49.7 Å². The Morgan fingerprint density at radius 1 is 1.41 bits per heavy atom. The van der Waals surface area contributed by atoms with E-state index >= 15 is 0 Å². The summed E-state index contributed by atoms with van der Waals surface area (Å²) in [5, 5.41) is 12.4. The molecule has 2 fully saturated rings. The molecule has 2 N–H and O–H groups in total. The number of carbonyl (C=O) groups is 1. The maximum atomic E-state index is 12.9. The van der Waals surface area contributed by atoms with Gasteiger partial charge in [-0.3, -0.25) is 0 Å². The van der Waals surface area contributed by atoms with Gasteiger partial charge in [0, 0.05) is 12.1 Å². The Hall–Kier alpha value is -0.750. The fraction of sp³-hybridized carbons (Fsp3) is 0.909. The highest BCUT2D eigenvalue weighted by Gasteiger charge is 2.51. The van der Waals surface area contributed by atoms with Crippen molar-refractivity contribution in [3.05, 3.63) is 0 Å². The number of esters is 1. The van der Waals surface area contributed by atoms with E-state index in [4.69, 9.17) is 0 Å². The molecule has 1 aliphatic heterocycles. The van der Waals surface area contributed by atoms with Gasteiger partial charge in [-0.05, 0) is 12.8 Å². The maximum Gasteiger partial charge on any atom is 0.377 e. The molecule has 1 unspecified atom stereocenters. The van der Waals surface area contributed by atoms with Gasteiger partial charge in [0.1, 0.15) is 6.10 Å². The van der Waals surface area contributed by atoms with Crippen molar-refractivity contribution in [1.29, 1.82) is 0 Å². The van der Waals surface area contributed by atoms with E-state index in [9.17, 15) is 18.7 Å². The molecular weight excluding hydrogens is 232 g/mol. The van der Waals surface area contributed by atoms with Crippen LogP contribution in [0.1, 0.15) is 32.1 Å². The Kier molecular flexibility index (Phi) is 3.36. The molecule has 2 rings (SSSR count). The average Bonchev–Trinajstić information content (AvgIpc) is 2.83. The Balaban J connectivity index is 1.85. The Bertz CT molecular complexity index is 303. The Morgan fingerprint density at radius 3 is 2.53 bits per heavy atom. The first-order chi connectivity index (χ1) is 7.97. The number of alkyl halides is 2. The molecule has 0 bridgehead atoms. The lowest BCUT2D eigenvalue weighted by Gasteiger charge is -2.29. The predicted octanol–water partition coefficient (Wildman–Crippen LogP) is 0.832. The van der Waals surface area contributed by atoms with Crippen molar-refractivity contribution >= 4 is 5.97 Å². The molecule has 1 heterocycles. The number of halogens is 2. The number of aliphatic hydroxyl groups excluding tert-OH is 1. The molecule has 17 heavy (non-hydrogen) atoms. The highest BCUT2D eigenvalue weighted by Crippen LogP contribution is 2.32. The highest BCUT2D eigenvalue weighted by atomic mass is 19.3. The van der Waals surface area contributed by atoms with Gasteiger partial charge >= 0.3 is 11.9 Å². The molecule has 1 saturated carbocycles. The topological polar surface area (TPSA) is 58.6 Å². The van der Waals surface area contributed by atoms with Crippen LogP contribution in [0.25, 0.3) is 0 Å². The SMILES string of the molecule is O=C1OC(CNC2(CO)CCCC2)CC1(F)F. The van der Waals surface area contributed by atoms with Gasteiger partial charge in [-0.2, -0.15) is 8.78 Å². The molecule has 0 spiro atoms. The molecule has 1 aliphatic carbocycles. The maximum absolute atomic E-state index is 12.9. The van der Waals surface area contributed by atoms with E-state index in [1.165, 1.54) is 0 Å². The van der Waals surface area contributed by atoms with Crippen LogP contribution in [0.15, 0.2) is 0 Å². The second-order valence-electron chi connectivity index (χ2n) is 4.96. The summed E-state index contributed by atoms with van der Waals surface area (Å²) in [6.45, 7) is 0.173. The normalized spacial score (nSPS) is 30.5. The number of ether oxygens (including phenoxy) is 1. The average molecular weight is 249 g/mol. The summed E-state index contributed by atoms with van der Waals surface area (Å²) in [4.78, 5) is 10.8. The lowest BCUT2D eigenvalue weighted by Crippen LogP contribution is -2.49. The molecule has 0 aromatic carbocycles. The minimum atomic E-state index is -3.35. The Labute approximate surface area is 98.3 Å². The summed E-state index contributed by atoms with van der Waals surface area (Å²) in [5.74, 6) is -4.79. The quantitative estimate of drug-likeness (QED) is 0.725. The third kappa shape index (κ3) is 2.57. The number of nitrogens with one attached hydrogen (secondary N) is 1. The smallest absolute Gasteiger partial charge is 0.377 e. The van der Waals surface area contributed by atoms with Gasteiger partial charge in [-0.25, -0.2) is 4.79 Å². The minimum Gasteiger partial charge on any atom is -0.456 e. The van der Waals surface area contributed by atoms with Crippen molar-refractivity contribution in [2.75, 3.05) is 13.2 Å². The molecule has 1 saturated heterocycles. The zero-order valence-electron chi connectivity index (χ0n) is 9.55. The zero-order chi connectivity index (χ0) is 12.5. The van der Waals surface area contributed by atoms with Gasteiger partial charge in [-0.15, -0.1) is 0 Å². The van der Waals surface area contributed by atoms with Gasteiger partial charge in [0.25, 0.3) is 0 Å². The molecule has 0 amide bonds. The number of hydrogen-bond acceptors (Lipinski definition) is 4. The number of cyclic esters (lactones) is 1. The lowest BCUT2D eigenvalue weighted by molar-refractivity contribution is -0.159. The molecule has 98 valence electrons. The van der Waals surface area contributed by atoms with Crippen LogP contribution in [0.2, 0.25) is 0 Å². The van der Waals surface area contributed by atoms with Crippen molar-refractivity contribution in [2.24, 2.45) is 0 Å². The fourth-order valence-corrected chi connectivity index (χ4v) is 2.54. The molecule has 0 radical (unpaired) electrons. The van der Waals surface area contributed by atoms with Crippen LogP contribution in [-0.2, 0) is 9.53 Å². The van der Waals surface area contributed by atoms with E-state index < -0.39 is 24.4 Å². The monoisotopic (exact) mass is 249 g/mol. The summed E-state index contributed by atoms with van der Waals surface area (Å²) in [6.07, 6.45) is 2.35. The third-order valence-corrected chi connectivity index (χ3v) is 3.62. The molecule has 1 atom stereocenters. The van der Waals surface area contributed by atoms with Gasteiger partial charge in [0.15, 0.2) is 0 Å². The number of aliphatic hydroxyl groups is 1. The first kappa shape index (κ1) is 12.7. The van der Waals surface area contributed by atoms with E-state index in [0.29, 0.717) is 0 Å². The van der Waals surface area contributed by atoms with Crippen LogP contribution in [0, 0.1) is 0 Å². The van der Waals surface area contributed by atoms with E-state index in [2.05, 4.69) is 10.1 Å². The van der Waals surface area contributed by atoms with Crippen molar-refractivity contribution in [3.8, 4) is 0 Å². The third-order valence-electron chi connectivity index (χ3n) is 3.62. The van der Waals surface area contributed by atoms with Crippen LogP contribution in [0.5, 0.6) is 0 Å². The number of hydrogen-bond donors (Lipinski definition) is 2. The number of rotatable bonds is 4. The predicted molar refractivity (Wildman–Crippen MR) is 55.7 cm³/mol. The summed E-state index contributed by atoms with van der Waals surface area (Å²) in [6, 6.07) is 0. The van der Waals surface area contributed by atoms with Crippen LogP contribution < -0.4 is 5.32 Å². The van der Waals surface area contributed by atoms with Crippen molar-refractivity contribution in [1.82, 2.24) is 5.32 Å². The summed E-state index contributed by atoms with van der Waals surface area (Å²) < 4.78 is 30.4. The van der Waals surface area contributed by atoms with Gasteiger partial charge < -0.3 is 15.2 Å². The van der Waals surface area contributed by atoms with Gasteiger partial charge in [0.2, 0.25) is 0 Å². The van der Waals surface area contributed by atoms with E-state index in [1.54, 1.807) is 0 Å². The van der Waals surface area contributed by atoms with E-state index in [-0.39, 0.29) is 18.7 Å². The van der Waals surface area contributed by atoms with Crippen LogP contribution >= 0.6 is 0 Å². The first-order valence-corrected chi connectivity index (χ1v) is 5.92. The standard InChI is InChI=1S/C11H17F2NO3/c12-11(13)5-8(17-9(11)16)6-14-10(7-15)3-1-2-4-10/h8,14-15H,1-7H2. The van der Waals surface area contributed by atoms with Crippen molar-refractivity contribution in [3.63, 3.8) is 0 Å². The van der Waals surface area contributed by atoms with Gasteiger partial charge in [-0.1, -0.05) is 12.8 Å². The second-order valence-corrected chi connectivity index (χ2v) is 4.96. The molecule has 0 aromatic heterocycles. The highest BCUT2D eigenvalue weighted by molar-refractivity contribution is 5.79. The van der Waals surface area contributed by atoms with Crippen LogP contribution in [0.3, 0.4) is 0 Å². The second kappa shape index (κ2) is 4.49. The minimum absolute atomic E-state index is 0.00986. The fourth-order valence-electron chi connectivity index (χ4n) is 2.54. The lowest BCUT2D eigenvalue weighted by atomic mass is 9.98. The van der Waals surface area contributed by atoms with Crippen LogP contribution in [-0.4, -0.2) is 41.8 Å². The van der Waals surface area contributed by atoms with Gasteiger partial charge in [0.05, 0.1) is 13.0 Å². The molecule has 2 aliphatic rings. The molecular formula is C11H17F2NO3. The summed E-state index contributed by atoms with van der Waals surface area (Å²) >= 11 is 0. The zero-order valence-corrected chi connectivity index (χ0v) is 9.55. The summed E-state index contributed by atoms with van der Waals surface area (Å²) in [5.41, 5.74) is -0.371. The van der Waals surface area contributed by atoms with Crippen LogP contribution in [0.4, 0.5) is 8.78 Å². The molecule has 0 aromatic rings. The largest absolute Gasteiger partial charge is 0.456 e. The number of carbonyl (C=O) groups excluding carboxylic acids is 1. The molecule has 4 nitrogen and oxygen atoms in total. The van der Waals surface area contributed by atoms with Crippen molar-refractivity contribution < 1.29 is 23.4 Å². The van der Waals surface area contributed by atoms with E-state index in [0.717, 1.165) is 25.7 Å². The summed E-state index contributed by atoms with van der Waals surface area (Å²) in [7, 11) is 0. The first-order valence-electron chi connectivity index (χ1n) is 5.92. The molecule has 6 heteroatoms. The van der Waals surface area contributed by atoms with E-state index in [1.807, 2.05) is 0 Å². The Morgan fingerprint density at radius 2 is 2.06 bits per heavy atom.